The minimum atomic E-state index is -4.65. The van der Waals surface area contributed by atoms with Crippen LogP contribution in [0.25, 0.3) is 16.8 Å². The van der Waals surface area contributed by atoms with Crippen LogP contribution in [0.1, 0.15) is 36.7 Å². The van der Waals surface area contributed by atoms with Crippen molar-refractivity contribution in [2.45, 2.75) is 32.9 Å². The third-order valence-corrected chi connectivity index (χ3v) is 4.19. The predicted molar refractivity (Wildman–Crippen MR) is 95.0 cm³/mol. The lowest BCUT2D eigenvalue weighted by molar-refractivity contribution is -0.144. The molecular formula is C19H19F3N4. The van der Waals surface area contributed by atoms with E-state index in [-0.39, 0.29) is 11.9 Å². The molecule has 4 nitrogen and oxygen atoms in total. The van der Waals surface area contributed by atoms with Crippen molar-refractivity contribution in [3.63, 3.8) is 0 Å². The first-order chi connectivity index (χ1) is 12.2. The van der Waals surface area contributed by atoms with Crippen molar-refractivity contribution in [1.82, 2.24) is 14.8 Å². The summed E-state index contributed by atoms with van der Waals surface area (Å²) in [4.78, 5) is 3.39. The van der Waals surface area contributed by atoms with E-state index in [4.69, 9.17) is 5.73 Å². The van der Waals surface area contributed by atoms with Gasteiger partial charge in [0, 0.05) is 0 Å². The van der Waals surface area contributed by atoms with E-state index < -0.39 is 12.0 Å². The Morgan fingerprint density at radius 1 is 1.08 bits per heavy atom. The van der Waals surface area contributed by atoms with Gasteiger partial charge in [0.2, 0.25) is 5.95 Å². The first kappa shape index (κ1) is 18.0. The molecule has 0 fully saturated rings. The van der Waals surface area contributed by atoms with Crippen LogP contribution >= 0.6 is 0 Å². The molecule has 2 N–H and O–H groups in total. The number of benzene rings is 2. The molecule has 0 aliphatic carbocycles. The van der Waals surface area contributed by atoms with Crippen LogP contribution < -0.4 is 5.73 Å². The first-order valence-corrected chi connectivity index (χ1v) is 8.18. The van der Waals surface area contributed by atoms with E-state index in [0.29, 0.717) is 5.69 Å². The van der Waals surface area contributed by atoms with Gasteiger partial charge < -0.3 is 5.73 Å². The van der Waals surface area contributed by atoms with Crippen molar-refractivity contribution in [1.29, 1.82) is 0 Å². The second kappa shape index (κ2) is 6.48. The lowest BCUT2D eigenvalue weighted by Crippen LogP contribution is -2.10. The molecule has 0 saturated carbocycles. The van der Waals surface area contributed by atoms with Crippen LogP contribution in [0.5, 0.6) is 0 Å². The smallest absolute Gasteiger partial charge is 0.368 e. The Hall–Kier alpha value is -2.83. The molecule has 0 radical (unpaired) electrons. The van der Waals surface area contributed by atoms with Crippen LogP contribution in [0.15, 0.2) is 42.5 Å². The molecule has 0 spiro atoms. The Bertz CT molecular complexity index is 928. The standard InChI is InChI=1S/C19H19F3N4/c1-11(2)14-9-12(3)15(13-7-5-4-6-8-13)10-16(14)26-18(23)24-17(25-26)19(20,21)22/h4-11H,1-3H3,(H2,23,24,25). The maximum atomic E-state index is 13.0. The number of nitrogen functional groups attached to an aromatic ring is 1. The van der Waals surface area contributed by atoms with Crippen molar-refractivity contribution in [3.8, 4) is 16.8 Å². The van der Waals surface area contributed by atoms with E-state index >= 15 is 0 Å². The van der Waals surface area contributed by atoms with Gasteiger partial charge in [-0.3, -0.25) is 0 Å². The zero-order valence-corrected chi connectivity index (χ0v) is 14.7. The number of anilines is 1. The SMILES string of the molecule is Cc1cc(C(C)C)c(-n2nc(C(F)(F)F)nc2N)cc1-c1ccccc1. The molecule has 136 valence electrons. The first-order valence-electron chi connectivity index (χ1n) is 8.18. The summed E-state index contributed by atoms with van der Waals surface area (Å²) in [5, 5.41) is 3.61. The molecule has 0 unspecified atom stereocenters. The molecular weight excluding hydrogens is 341 g/mol. The molecule has 1 aromatic heterocycles. The molecule has 1 heterocycles. The van der Waals surface area contributed by atoms with Crippen LogP contribution in [-0.2, 0) is 6.18 Å². The third-order valence-electron chi connectivity index (χ3n) is 4.19. The average molecular weight is 360 g/mol. The van der Waals surface area contributed by atoms with Crippen molar-refractivity contribution in [3.05, 3.63) is 59.4 Å². The number of hydrogen-bond donors (Lipinski definition) is 1. The van der Waals surface area contributed by atoms with E-state index in [0.717, 1.165) is 26.9 Å². The minimum Gasteiger partial charge on any atom is -0.368 e. The Morgan fingerprint density at radius 3 is 2.27 bits per heavy atom. The zero-order chi connectivity index (χ0) is 19.1. The zero-order valence-electron chi connectivity index (χ0n) is 14.7. The highest BCUT2D eigenvalue weighted by Gasteiger charge is 2.37. The van der Waals surface area contributed by atoms with E-state index in [1.165, 1.54) is 0 Å². The Labute approximate surface area is 149 Å². The monoisotopic (exact) mass is 360 g/mol. The van der Waals surface area contributed by atoms with E-state index in [2.05, 4.69) is 10.1 Å². The molecule has 3 rings (SSSR count). The number of nitrogens with zero attached hydrogens (tertiary/aromatic N) is 3. The van der Waals surface area contributed by atoms with E-state index in [9.17, 15) is 13.2 Å². The fourth-order valence-corrected chi connectivity index (χ4v) is 2.91. The number of halogens is 3. The summed E-state index contributed by atoms with van der Waals surface area (Å²) in [7, 11) is 0. The predicted octanol–water partition coefficient (Wildman–Crippen LogP) is 4.97. The Kier molecular flexibility index (Phi) is 4.48. The Balaban J connectivity index is 2.25. The highest BCUT2D eigenvalue weighted by molar-refractivity contribution is 5.71. The summed E-state index contributed by atoms with van der Waals surface area (Å²) < 4.78 is 40.0. The second-order valence-corrected chi connectivity index (χ2v) is 6.45. The molecule has 0 aliphatic rings. The summed E-state index contributed by atoms with van der Waals surface area (Å²) >= 11 is 0. The summed E-state index contributed by atoms with van der Waals surface area (Å²) in [6.45, 7) is 5.92. The molecule has 0 bridgehead atoms. The highest BCUT2D eigenvalue weighted by Crippen LogP contribution is 2.34. The lowest BCUT2D eigenvalue weighted by atomic mass is 9.92. The topological polar surface area (TPSA) is 56.7 Å². The van der Waals surface area contributed by atoms with Crippen LogP contribution in [0.4, 0.5) is 19.1 Å². The van der Waals surface area contributed by atoms with Gasteiger partial charge in [0.1, 0.15) is 0 Å². The number of aryl methyl sites for hydroxylation is 1. The molecule has 0 saturated heterocycles. The molecule has 0 aliphatic heterocycles. The molecule has 0 atom stereocenters. The normalized spacial score (nSPS) is 12.0. The molecule has 3 aromatic rings. The Morgan fingerprint density at radius 2 is 1.73 bits per heavy atom. The fourth-order valence-electron chi connectivity index (χ4n) is 2.91. The minimum absolute atomic E-state index is 0.0754. The van der Waals surface area contributed by atoms with Crippen molar-refractivity contribution >= 4 is 5.95 Å². The summed E-state index contributed by atoms with van der Waals surface area (Å²) in [6, 6.07) is 13.4. The van der Waals surface area contributed by atoms with Crippen LogP contribution in [0.2, 0.25) is 0 Å². The van der Waals surface area contributed by atoms with E-state index in [1.54, 1.807) is 0 Å². The van der Waals surface area contributed by atoms with Crippen LogP contribution in [-0.4, -0.2) is 14.8 Å². The quantitative estimate of drug-likeness (QED) is 0.718. The van der Waals surface area contributed by atoms with Crippen LogP contribution in [0.3, 0.4) is 0 Å². The molecule has 2 aromatic carbocycles. The summed E-state index contributed by atoms with van der Waals surface area (Å²) in [5.74, 6) is -1.46. The van der Waals surface area contributed by atoms with Gasteiger partial charge in [-0.1, -0.05) is 50.2 Å². The number of nitrogens with two attached hydrogens (primary N) is 1. The average Bonchev–Trinajstić information content (AvgIpc) is 2.97. The van der Waals surface area contributed by atoms with Gasteiger partial charge in [0.15, 0.2) is 0 Å². The number of alkyl halides is 3. The summed E-state index contributed by atoms with van der Waals surface area (Å²) in [6.07, 6.45) is -4.65. The number of hydrogen-bond acceptors (Lipinski definition) is 3. The van der Waals surface area contributed by atoms with Crippen LogP contribution in [0, 0.1) is 6.92 Å². The largest absolute Gasteiger partial charge is 0.453 e. The van der Waals surface area contributed by atoms with Crippen molar-refractivity contribution in [2.24, 2.45) is 0 Å². The van der Waals surface area contributed by atoms with Crippen molar-refractivity contribution in [2.75, 3.05) is 5.73 Å². The van der Waals surface area contributed by atoms with Crippen molar-refractivity contribution < 1.29 is 13.2 Å². The fraction of sp³-hybridized carbons (Fsp3) is 0.263. The lowest BCUT2D eigenvalue weighted by Gasteiger charge is -2.17. The maximum absolute atomic E-state index is 13.0. The van der Waals surface area contributed by atoms with Gasteiger partial charge in [-0.05, 0) is 41.2 Å². The highest BCUT2D eigenvalue weighted by atomic mass is 19.4. The number of aromatic nitrogens is 3. The second-order valence-electron chi connectivity index (χ2n) is 6.45. The third kappa shape index (κ3) is 3.29. The number of rotatable bonds is 3. The van der Waals surface area contributed by atoms with Gasteiger partial charge in [-0.25, -0.2) is 0 Å². The summed E-state index contributed by atoms with van der Waals surface area (Å²) in [5.41, 5.74) is 10.0. The molecule has 7 heteroatoms. The van der Waals surface area contributed by atoms with Gasteiger partial charge in [0.05, 0.1) is 5.69 Å². The van der Waals surface area contributed by atoms with E-state index in [1.807, 2.05) is 63.2 Å². The van der Waals surface area contributed by atoms with Gasteiger partial charge in [-0.15, -0.1) is 5.10 Å². The molecule has 26 heavy (non-hydrogen) atoms. The van der Waals surface area contributed by atoms with Gasteiger partial charge >= 0.3 is 6.18 Å². The molecule has 0 amide bonds. The van der Waals surface area contributed by atoms with Gasteiger partial charge in [-0.2, -0.15) is 22.8 Å². The van der Waals surface area contributed by atoms with Gasteiger partial charge in [0.25, 0.3) is 5.82 Å². The maximum Gasteiger partial charge on any atom is 0.453 e.